The molecular formula is C15H21N3O3. The Morgan fingerprint density at radius 2 is 1.86 bits per heavy atom. The molecule has 6 nitrogen and oxygen atoms in total. The molecule has 114 valence electrons. The summed E-state index contributed by atoms with van der Waals surface area (Å²) in [4.78, 5) is 25.6. The van der Waals surface area contributed by atoms with Gasteiger partial charge >= 0.3 is 0 Å². The Hall–Kier alpha value is -1.92. The predicted octanol–water partition coefficient (Wildman–Crippen LogP) is 0.707. The maximum absolute atomic E-state index is 12.2. The summed E-state index contributed by atoms with van der Waals surface area (Å²) < 4.78 is 5.23. The van der Waals surface area contributed by atoms with Gasteiger partial charge in [-0.25, -0.2) is 0 Å². The fraction of sp³-hybridized carbons (Fsp3) is 0.467. The van der Waals surface area contributed by atoms with Crippen molar-refractivity contribution in [1.29, 1.82) is 0 Å². The maximum atomic E-state index is 12.2. The Morgan fingerprint density at radius 3 is 2.48 bits per heavy atom. The average molecular weight is 291 g/mol. The number of hydrogen-bond acceptors (Lipinski definition) is 4. The molecule has 0 radical (unpaired) electrons. The van der Waals surface area contributed by atoms with E-state index >= 15 is 0 Å². The Bertz CT molecular complexity index is 481. The molecule has 1 saturated heterocycles. The van der Waals surface area contributed by atoms with E-state index in [-0.39, 0.29) is 18.4 Å². The van der Waals surface area contributed by atoms with Crippen LogP contribution in [0.15, 0.2) is 24.3 Å². The van der Waals surface area contributed by atoms with Crippen molar-refractivity contribution in [3.63, 3.8) is 0 Å². The zero-order valence-corrected chi connectivity index (χ0v) is 12.2. The standard InChI is InChI=1S/C15H21N3O3/c1-2-16-11-14(19)17-13-5-3-12(4-6-13)15(20)18-7-9-21-10-8-18/h3-6,16H,2,7-11H2,1H3,(H,17,19). The van der Waals surface area contributed by atoms with Crippen LogP contribution in [-0.2, 0) is 9.53 Å². The molecule has 0 bridgehead atoms. The van der Waals surface area contributed by atoms with Crippen LogP contribution in [0.25, 0.3) is 0 Å². The molecule has 21 heavy (non-hydrogen) atoms. The Balaban J connectivity index is 1.91. The first-order valence-electron chi connectivity index (χ1n) is 7.18. The lowest BCUT2D eigenvalue weighted by molar-refractivity contribution is -0.115. The van der Waals surface area contributed by atoms with Gasteiger partial charge in [0.15, 0.2) is 0 Å². The number of nitrogens with one attached hydrogen (secondary N) is 2. The fourth-order valence-corrected chi connectivity index (χ4v) is 2.09. The lowest BCUT2D eigenvalue weighted by Crippen LogP contribution is -2.40. The zero-order valence-electron chi connectivity index (χ0n) is 12.2. The lowest BCUT2D eigenvalue weighted by Gasteiger charge is -2.26. The van der Waals surface area contributed by atoms with E-state index in [1.807, 2.05) is 6.92 Å². The Morgan fingerprint density at radius 1 is 1.19 bits per heavy atom. The first-order valence-corrected chi connectivity index (χ1v) is 7.18. The van der Waals surface area contributed by atoms with Crippen LogP contribution in [0, 0.1) is 0 Å². The van der Waals surface area contributed by atoms with E-state index in [2.05, 4.69) is 10.6 Å². The number of morpholine rings is 1. The van der Waals surface area contributed by atoms with E-state index in [0.717, 1.165) is 6.54 Å². The lowest BCUT2D eigenvalue weighted by atomic mass is 10.1. The van der Waals surface area contributed by atoms with Gasteiger partial charge in [0.05, 0.1) is 19.8 Å². The third-order valence-corrected chi connectivity index (χ3v) is 3.25. The molecule has 2 amide bonds. The molecule has 2 rings (SSSR count). The van der Waals surface area contributed by atoms with Crippen molar-refractivity contribution in [3.8, 4) is 0 Å². The molecule has 0 spiro atoms. The van der Waals surface area contributed by atoms with Gasteiger partial charge in [0.25, 0.3) is 5.91 Å². The van der Waals surface area contributed by atoms with Gasteiger partial charge in [-0.2, -0.15) is 0 Å². The zero-order chi connectivity index (χ0) is 15.1. The van der Waals surface area contributed by atoms with Crippen LogP contribution >= 0.6 is 0 Å². The topological polar surface area (TPSA) is 70.7 Å². The van der Waals surface area contributed by atoms with Gasteiger partial charge in [-0.15, -0.1) is 0 Å². The van der Waals surface area contributed by atoms with Crippen molar-refractivity contribution >= 4 is 17.5 Å². The van der Waals surface area contributed by atoms with E-state index in [1.54, 1.807) is 29.2 Å². The molecule has 1 aliphatic rings. The number of amides is 2. The predicted molar refractivity (Wildman–Crippen MR) is 80.3 cm³/mol. The minimum atomic E-state index is -0.0934. The molecule has 0 atom stereocenters. The molecular weight excluding hydrogens is 270 g/mol. The van der Waals surface area contributed by atoms with Crippen molar-refractivity contribution in [1.82, 2.24) is 10.2 Å². The van der Waals surface area contributed by atoms with Gasteiger partial charge in [-0.1, -0.05) is 6.92 Å². The van der Waals surface area contributed by atoms with E-state index in [0.29, 0.717) is 37.6 Å². The van der Waals surface area contributed by atoms with Crippen LogP contribution in [0.3, 0.4) is 0 Å². The molecule has 2 N–H and O–H groups in total. The van der Waals surface area contributed by atoms with E-state index < -0.39 is 0 Å². The summed E-state index contributed by atoms with van der Waals surface area (Å²) >= 11 is 0. The van der Waals surface area contributed by atoms with Gasteiger partial charge < -0.3 is 20.3 Å². The molecule has 1 aliphatic heterocycles. The van der Waals surface area contributed by atoms with E-state index in [4.69, 9.17) is 4.74 Å². The molecule has 1 aromatic carbocycles. The van der Waals surface area contributed by atoms with E-state index in [1.165, 1.54) is 0 Å². The van der Waals surface area contributed by atoms with Crippen LogP contribution in [0.5, 0.6) is 0 Å². The first kappa shape index (κ1) is 15.5. The molecule has 1 heterocycles. The molecule has 1 fully saturated rings. The number of carbonyl (C=O) groups excluding carboxylic acids is 2. The highest BCUT2D eigenvalue weighted by Crippen LogP contribution is 2.12. The number of nitrogens with zero attached hydrogens (tertiary/aromatic N) is 1. The third-order valence-electron chi connectivity index (χ3n) is 3.25. The average Bonchev–Trinajstić information content (AvgIpc) is 2.54. The summed E-state index contributed by atoms with van der Waals surface area (Å²) in [6.07, 6.45) is 0. The van der Waals surface area contributed by atoms with Crippen LogP contribution in [0.2, 0.25) is 0 Å². The van der Waals surface area contributed by atoms with Gasteiger partial charge in [0.1, 0.15) is 0 Å². The van der Waals surface area contributed by atoms with Crippen molar-refractivity contribution < 1.29 is 14.3 Å². The van der Waals surface area contributed by atoms with Crippen molar-refractivity contribution in [2.24, 2.45) is 0 Å². The number of benzene rings is 1. The molecule has 1 aromatic rings. The fourth-order valence-electron chi connectivity index (χ4n) is 2.09. The summed E-state index contributed by atoms with van der Waals surface area (Å²) in [5, 5.41) is 5.73. The molecule has 0 aromatic heterocycles. The van der Waals surface area contributed by atoms with Crippen LogP contribution < -0.4 is 10.6 Å². The minimum absolute atomic E-state index is 0.00354. The molecule has 0 unspecified atom stereocenters. The summed E-state index contributed by atoms with van der Waals surface area (Å²) in [6.45, 7) is 5.40. The van der Waals surface area contributed by atoms with Crippen LogP contribution in [0.1, 0.15) is 17.3 Å². The second kappa shape index (κ2) is 7.75. The highest BCUT2D eigenvalue weighted by molar-refractivity contribution is 5.96. The van der Waals surface area contributed by atoms with E-state index in [9.17, 15) is 9.59 Å². The van der Waals surface area contributed by atoms with Gasteiger partial charge in [0, 0.05) is 24.3 Å². The molecule has 0 aliphatic carbocycles. The normalized spacial score (nSPS) is 14.8. The molecule has 0 saturated carbocycles. The quantitative estimate of drug-likeness (QED) is 0.838. The first-order chi connectivity index (χ1) is 10.2. The number of rotatable bonds is 5. The Kier molecular flexibility index (Phi) is 5.71. The molecule has 6 heteroatoms. The number of anilines is 1. The minimum Gasteiger partial charge on any atom is -0.378 e. The van der Waals surface area contributed by atoms with Gasteiger partial charge in [0.2, 0.25) is 5.91 Å². The van der Waals surface area contributed by atoms with Crippen molar-refractivity contribution in [2.75, 3.05) is 44.7 Å². The number of likely N-dealkylation sites (N-methyl/N-ethyl adjacent to an activating group) is 1. The highest BCUT2D eigenvalue weighted by atomic mass is 16.5. The van der Waals surface area contributed by atoms with Crippen molar-refractivity contribution in [2.45, 2.75) is 6.92 Å². The SMILES string of the molecule is CCNCC(=O)Nc1ccc(C(=O)N2CCOCC2)cc1. The number of hydrogen-bond donors (Lipinski definition) is 2. The second-order valence-electron chi connectivity index (χ2n) is 4.81. The highest BCUT2D eigenvalue weighted by Gasteiger charge is 2.18. The summed E-state index contributed by atoms with van der Waals surface area (Å²) in [6, 6.07) is 6.97. The number of ether oxygens (including phenoxy) is 1. The van der Waals surface area contributed by atoms with Gasteiger partial charge in [-0.3, -0.25) is 9.59 Å². The Labute approximate surface area is 124 Å². The third kappa shape index (κ3) is 4.54. The van der Waals surface area contributed by atoms with Gasteiger partial charge in [-0.05, 0) is 30.8 Å². The van der Waals surface area contributed by atoms with Crippen LogP contribution in [-0.4, -0.2) is 56.1 Å². The second-order valence-corrected chi connectivity index (χ2v) is 4.81. The summed E-state index contributed by atoms with van der Waals surface area (Å²) in [5.41, 5.74) is 1.32. The largest absolute Gasteiger partial charge is 0.378 e. The summed E-state index contributed by atoms with van der Waals surface area (Å²) in [7, 11) is 0. The monoisotopic (exact) mass is 291 g/mol. The smallest absolute Gasteiger partial charge is 0.254 e. The number of carbonyl (C=O) groups is 2. The van der Waals surface area contributed by atoms with Crippen LogP contribution in [0.4, 0.5) is 5.69 Å². The summed E-state index contributed by atoms with van der Waals surface area (Å²) in [5.74, 6) is -0.0899. The maximum Gasteiger partial charge on any atom is 0.254 e. The van der Waals surface area contributed by atoms with Crippen molar-refractivity contribution in [3.05, 3.63) is 29.8 Å².